The largest absolute Gasteiger partial charge is 0.486 e. The van der Waals surface area contributed by atoms with Crippen LogP contribution in [-0.2, 0) is 15.1 Å². The first kappa shape index (κ1) is 19.8. The molecule has 1 saturated heterocycles. The highest BCUT2D eigenvalue weighted by molar-refractivity contribution is 6.10. The van der Waals surface area contributed by atoms with Crippen molar-refractivity contribution in [2.75, 3.05) is 25.1 Å². The zero-order valence-electron chi connectivity index (χ0n) is 17.1. The minimum atomic E-state index is -1.30. The minimum Gasteiger partial charge on any atom is -0.486 e. The van der Waals surface area contributed by atoms with Crippen molar-refractivity contribution in [2.24, 2.45) is 0 Å². The molecule has 0 bridgehead atoms. The van der Waals surface area contributed by atoms with Crippen molar-refractivity contribution in [2.45, 2.75) is 26.3 Å². The van der Waals surface area contributed by atoms with Gasteiger partial charge < -0.3 is 20.1 Å². The lowest BCUT2D eigenvalue weighted by Gasteiger charge is -2.25. The van der Waals surface area contributed by atoms with Gasteiger partial charge in [0.05, 0.1) is 0 Å². The van der Waals surface area contributed by atoms with Crippen molar-refractivity contribution < 1.29 is 23.9 Å². The van der Waals surface area contributed by atoms with Crippen molar-refractivity contribution in [3.63, 3.8) is 0 Å². The maximum Gasteiger partial charge on any atom is 0.325 e. The Kier molecular flexibility index (Phi) is 4.85. The Bertz CT molecular complexity index is 1050. The fourth-order valence-electron chi connectivity index (χ4n) is 3.61. The number of rotatable bonds is 4. The zero-order valence-corrected chi connectivity index (χ0v) is 17.1. The molecule has 2 aromatic carbocycles. The maximum absolute atomic E-state index is 13.1. The van der Waals surface area contributed by atoms with E-state index in [1.54, 1.807) is 31.2 Å². The molecule has 8 heteroatoms. The standard InChI is InChI=1S/C22H23N3O5/c1-13-5-4-6-16(14(13)2)23-19(26)12-25-20(27)22(3,24-21(25)28)15-7-8-17-18(11-15)30-10-9-29-17/h4-8,11H,9-10,12H2,1-3H3,(H,23,26)(H,24,28). The molecule has 1 fully saturated rings. The number of carbonyl (C=O) groups excluding carboxylic acids is 3. The predicted molar refractivity (Wildman–Crippen MR) is 110 cm³/mol. The molecule has 2 aliphatic rings. The zero-order chi connectivity index (χ0) is 21.5. The van der Waals surface area contributed by atoms with E-state index < -0.39 is 23.4 Å². The molecule has 30 heavy (non-hydrogen) atoms. The van der Waals surface area contributed by atoms with Gasteiger partial charge in [0.25, 0.3) is 5.91 Å². The molecular weight excluding hydrogens is 386 g/mol. The molecule has 156 valence electrons. The van der Waals surface area contributed by atoms with E-state index in [-0.39, 0.29) is 6.54 Å². The molecule has 1 atom stereocenters. The van der Waals surface area contributed by atoms with Gasteiger partial charge >= 0.3 is 6.03 Å². The highest BCUT2D eigenvalue weighted by atomic mass is 16.6. The maximum atomic E-state index is 13.1. The third-order valence-corrected chi connectivity index (χ3v) is 5.57. The summed E-state index contributed by atoms with van der Waals surface area (Å²) in [6, 6.07) is 10.1. The second-order valence-electron chi connectivity index (χ2n) is 7.60. The van der Waals surface area contributed by atoms with Crippen LogP contribution in [0, 0.1) is 13.8 Å². The second kappa shape index (κ2) is 7.37. The number of ether oxygens (including phenoxy) is 2. The number of urea groups is 1. The first-order valence-electron chi connectivity index (χ1n) is 9.70. The van der Waals surface area contributed by atoms with Crippen molar-refractivity contribution in [1.82, 2.24) is 10.2 Å². The normalized spacial score (nSPS) is 20.2. The lowest BCUT2D eigenvalue weighted by Crippen LogP contribution is -2.42. The van der Waals surface area contributed by atoms with Gasteiger partial charge in [-0.05, 0) is 55.7 Å². The Morgan fingerprint density at radius 1 is 1.13 bits per heavy atom. The van der Waals surface area contributed by atoms with E-state index in [9.17, 15) is 14.4 Å². The van der Waals surface area contributed by atoms with Gasteiger partial charge in [-0.3, -0.25) is 14.5 Å². The Morgan fingerprint density at radius 3 is 2.63 bits per heavy atom. The molecule has 2 aliphatic heterocycles. The summed E-state index contributed by atoms with van der Waals surface area (Å²) in [5.41, 5.74) is 1.88. The molecule has 1 unspecified atom stereocenters. The van der Waals surface area contributed by atoms with Crippen LogP contribution >= 0.6 is 0 Å². The van der Waals surface area contributed by atoms with E-state index in [0.717, 1.165) is 16.0 Å². The van der Waals surface area contributed by atoms with E-state index in [2.05, 4.69) is 10.6 Å². The lowest BCUT2D eigenvalue weighted by atomic mass is 9.91. The molecule has 0 aliphatic carbocycles. The van der Waals surface area contributed by atoms with Crippen LogP contribution in [0.25, 0.3) is 0 Å². The average Bonchev–Trinajstić information content (AvgIpc) is 2.95. The Balaban J connectivity index is 1.52. The van der Waals surface area contributed by atoms with E-state index in [1.165, 1.54) is 0 Å². The third kappa shape index (κ3) is 3.34. The third-order valence-electron chi connectivity index (χ3n) is 5.57. The Hall–Kier alpha value is -3.55. The van der Waals surface area contributed by atoms with Gasteiger partial charge in [0.2, 0.25) is 5.91 Å². The Labute approximate surface area is 174 Å². The quantitative estimate of drug-likeness (QED) is 0.757. The first-order valence-corrected chi connectivity index (χ1v) is 9.70. The number of amides is 4. The van der Waals surface area contributed by atoms with E-state index in [4.69, 9.17) is 9.47 Å². The van der Waals surface area contributed by atoms with Gasteiger partial charge in [-0.2, -0.15) is 0 Å². The predicted octanol–water partition coefficient (Wildman–Crippen LogP) is 2.48. The highest BCUT2D eigenvalue weighted by Crippen LogP contribution is 2.36. The number of benzene rings is 2. The van der Waals surface area contributed by atoms with Crippen molar-refractivity contribution in [3.05, 3.63) is 53.1 Å². The van der Waals surface area contributed by atoms with Crippen LogP contribution in [0.4, 0.5) is 10.5 Å². The summed E-state index contributed by atoms with van der Waals surface area (Å²) >= 11 is 0. The summed E-state index contributed by atoms with van der Waals surface area (Å²) in [4.78, 5) is 39.1. The van der Waals surface area contributed by atoms with Crippen LogP contribution in [0.1, 0.15) is 23.6 Å². The van der Waals surface area contributed by atoms with Crippen LogP contribution in [0.5, 0.6) is 11.5 Å². The number of nitrogens with zero attached hydrogens (tertiary/aromatic N) is 1. The van der Waals surface area contributed by atoms with E-state index >= 15 is 0 Å². The lowest BCUT2D eigenvalue weighted by molar-refractivity contribution is -0.133. The minimum absolute atomic E-state index is 0.377. The molecule has 0 aromatic heterocycles. The molecule has 8 nitrogen and oxygen atoms in total. The summed E-state index contributed by atoms with van der Waals surface area (Å²) in [6.45, 7) is 5.96. The molecule has 0 spiro atoms. The number of imide groups is 1. The molecule has 2 heterocycles. The van der Waals surface area contributed by atoms with E-state index in [1.807, 2.05) is 26.0 Å². The van der Waals surface area contributed by atoms with Crippen LogP contribution in [-0.4, -0.2) is 42.5 Å². The molecule has 0 saturated carbocycles. The first-order chi connectivity index (χ1) is 14.3. The van der Waals surface area contributed by atoms with Gasteiger partial charge in [0.1, 0.15) is 25.3 Å². The average molecular weight is 409 g/mol. The molecular formula is C22H23N3O5. The van der Waals surface area contributed by atoms with Crippen LogP contribution in [0.2, 0.25) is 0 Å². The topological polar surface area (TPSA) is 97.0 Å². The number of anilines is 1. The van der Waals surface area contributed by atoms with Crippen LogP contribution < -0.4 is 20.1 Å². The molecule has 4 rings (SSSR count). The van der Waals surface area contributed by atoms with Gasteiger partial charge in [-0.15, -0.1) is 0 Å². The molecule has 4 amide bonds. The number of nitrogens with one attached hydrogen (secondary N) is 2. The van der Waals surface area contributed by atoms with Crippen LogP contribution in [0.15, 0.2) is 36.4 Å². The number of aryl methyl sites for hydroxylation is 1. The summed E-state index contributed by atoms with van der Waals surface area (Å²) in [6.07, 6.45) is 0. The van der Waals surface area contributed by atoms with Crippen molar-refractivity contribution in [1.29, 1.82) is 0 Å². The number of fused-ring (bicyclic) bond motifs is 1. The molecule has 0 radical (unpaired) electrons. The second-order valence-corrected chi connectivity index (χ2v) is 7.60. The molecule has 2 aromatic rings. The monoisotopic (exact) mass is 409 g/mol. The number of hydrogen-bond acceptors (Lipinski definition) is 5. The van der Waals surface area contributed by atoms with Gasteiger partial charge in [-0.1, -0.05) is 18.2 Å². The van der Waals surface area contributed by atoms with Gasteiger partial charge in [-0.25, -0.2) is 4.79 Å². The number of hydrogen-bond donors (Lipinski definition) is 2. The van der Waals surface area contributed by atoms with Gasteiger partial charge in [0.15, 0.2) is 11.5 Å². The highest BCUT2D eigenvalue weighted by Gasteiger charge is 2.49. The van der Waals surface area contributed by atoms with Crippen molar-refractivity contribution in [3.8, 4) is 11.5 Å². The van der Waals surface area contributed by atoms with E-state index in [0.29, 0.717) is 36.0 Å². The summed E-state index contributed by atoms with van der Waals surface area (Å²) in [5, 5.41) is 5.48. The fraction of sp³-hybridized carbons (Fsp3) is 0.318. The SMILES string of the molecule is Cc1cccc(NC(=O)CN2C(=O)NC(C)(c3ccc4c(c3)OCCO4)C2=O)c1C. The van der Waals surface area contributed by atoms with Crippen LogP contribution in [0.3, 0.4) is 0 Å². The fourth-order valence-corrected chi connectivity index (χ4v) is 3.61. The number of carbonyl (C=O) groups is 3. The molecule has 2 N–H and O–H groups in total. The summed E-state index contributed by atoms with van der Waals surface area (Å²) < 4.78 is 11.1. The van der Waals surface area contributed by atoms with Gasteiger partial charge in [0, 0.05) is 5.69 Å². The summed E-state index contributed by atoms with van der Waals surface area (Å²) in [5.74, 6) is 0.169. The summed E-state index contributed by atoms with van der Waals surface area (Å²) in [7, 11) is 0. The van der Waals surface area contributed by atoms with Crippen molar-refractivity contribution >= 4 is 23.5 Å². The smallest absolute Gasteiger partial charge is 0.325 e. The Morgan fingerprint density at radius 2 is 1.87 bits per heavy atom.